The van der Waals surface area contributed by atoms with E-state index in [0.717, 1.165) is 0 Å². The topological polar surface area (TPSA) is 102 Å². The Hall–Kier alpha value is -3.52. The molecular weight excluding hydrogens is 362 g/mol. The second-order valence-electron chi connectivity index (χ2n) is 6.37. The van der Waals surface area contributed by atoms with E-state index in [1.54, 1.807) is 48.5 Å². The molecule has 28 heavy (non-hydrogen) atoms. The molecule has 4 rings (SSSR count). The molecule has 0 aliphatic carbocycles. The predicted octanol–water partition coefficient (Wildman–Crippen LogP) is 1.31. The number of para-hydroxylation sites is 1. The predicted molar refractivity (Wildman–Crippen MR) is 101 cm³/mol. The molecule has 1 aliphatic heterocycles. The molecule has 3 aromatic rings. The van der Waals surface area contributed by atoms with Gasteiger partial charge in [-0.3, -0.25) is 9.59 Å². The van der Waals surface area contributed by atoms with Crippen molar-refractivity contribution in [2.24, 2.45) is 0 Å². The summed E-state index contributed by atoms with van der Waals surface area (Å²) in [4.78, 5) is 39.0. The number of benzene rings is 2. The van der Waals surface area contributed by atoms with Gasteiger partial charge in [-0.15, -0.1) is 0 Å². The first-order valence-corrected chi connectivity index (χ1v) is 8.77. The van der Waals surface area contributed by atoms with Gasteiger partial charge in [0.05, 0.1) is 24.3 Å². The molecule has 8 nitrogen and oxygen atoms in total. The van der Waals surface area contributed by atoms with Crippen LogP contribution in [0.2, 0.25) is 0 Å². The molecular formula is C20H17N3O5. The SMILES string of the molecule is O=C(O)[C@H]1COCCN1C(=O)c1nn(-c2ccccc2)c(=O)c2ccccc12. The normalized spacial score (nSPS) is 16.9. The highest BCUT2D eigenvalue weighted by Gasteiger charge is 2.35. The lowest BCUT2D eigenvalue weighted by Gasteiger charge is -2.32. The van der Waals surface area contributed by atoms with E-state index in [-0.39, 0.29) is 31.0 Å². The largest absolute Gasteiger partial charge is 0.480 e. The number of hydrogen-bond acceptors (Lipinski definition) is 5. The van der Waals surface area contributed by atoms with Crippen molar-refractivity contribution in [2.45, 2.75) is 6.04 Å². The first-order valence-electron chi connectivity index (χ1n) is 8.77. The number of hydrogen-bond donors (Lipinski definition) is 1. The number of aromatic nitrogens is 2. The van der Waals surface area contributed by atoms with E-state index in [2.05, 4.69) is 5.10 Å². The summed E-state index contributed by atoms with van der Waals surface area (Å²) in [5.41, 5.74) is 0.200. The number of nitrogens with zero attached hydrogens (tertiary/aromatic N) is 3. The van der Waals surface area contributed by atoms with Gasteiger partial charge in [-0.1, -0.05) is 36.4 Å². The van der Waals surface area contributed by atoms with E-state index in [1.807, 2.05) is 6.07 Å². The van der Waals surface area contributed by atoms with Gasteiger partial charge in [0.15, 0.2) is 11.7 Å². The smallest absolute Gasteiger partial charge is 0.328 e. The third-order valence-corrected chi connectivity index (χ3v) is 4.68. The van der Waals surface area contributed by atoms with Crippen molar-refractivity contribution in [2.75, 3.05) is 19.8 Å². The number of amides is 1. The minimum atomic E-state index is -1.14. The van der Waals surface area contributed by atoms with Crippen LogP contribution in [0.15, 0.2) is 59.4 Å². The van der Waals surface area contributed by atoms with Crippen molar-refractivity contribution in [3.8, 4) is 5.69 Å². The Kier molecular flexibility index (Phi) is 4.62. The van der Waals surface area contributed by atoms with Crippen molar-refractivity contribution in [1.82, 2.24) is 14.7 Å². The van der Waals surface area contributed by atoms with Gasteiger partial charge < -0.3 is 14.7 Å². The van der Waals surface area contributed by atoms with Crippen LogP contribution in [-0.2, 0) is 9.53 Å². The van der Waals surface area contributed by atoms with Gasteiger partial charge in [-0.2, -0.15) is 9.78 Å². The summed E-state index contributed by atoms with van der Waals surface area (Å²) in [7, 11) is 0. The van der Waals surface area contributed by atoms with Crippen molar-refractivity contribution in [3.05, 3.63) is 70.6 Å². The minimum Gasteiger partial charge on any atom is -0.480 e. The number of fused-ring (bicyclic) bond motifs is 1. The number of aliphatic carboxylic acids is 1. The van der Waals surface area contributed by atoms with E-state index in [0.29, 0.717) is 16.5 Å². The van der Waals surface area contributed by atoms with E-state index in [1.165, 1.54) is 9.58 Å². The first-order chi connectivity index (χ1) is 13.6. The van der Waals surface area contributed by atoms with Crippen LogP contribution in [0.1, 0.15) is 10.5 Å². The van der Waals surface area contributed by atoms with Crippen LogP contribution in [0, 0.1) is 0 Å². The summed E-state index contributed by atoms with van der Waals surface area (Å²) in [5, 5.41) is 14.5. The zero-order valence-corrected chi connectivity index (χ0v) is 14.8. The Morgan fingerprint density at radius 2 is 1.71 bits per heavy atom. The highest BCUT2D eigenvalue weighted by Crippen LogP contribution is 2.19. The average Bonchev–Trinajstić information content (AvgIpc) is 2.74. The number of ether oxygens (including phenoxy) is 1. The number of carbonyl (C=O) groups excluding carboxylic acids is 1. The lowest BCUT2D eigenvalue weighted by atomic mass is 10.1. The number of carbonyl (C=O) groups is 2. The standard InChI is InChI=1S/C20H17N3O5/c24-18-15-9-5-4-8-14(15)17(21-23(18)13-6-2-1-3-7-13)19(25)22-10-11-28-12-16(22)20(26)27/h1-9,16H,10-12H2,(H,26,27)/t16-/m1/s1. The van der Waals surface area contributed by atoms with E-state index in [4.69, 9.17) is 4.74 Å². The molecule has 2 aromatic carbocycles. The number of morpholine rings is 1. The lowest BCUT2D eigenvalue weighted by molar-refractivity contribution is -0.147. The molecule has 1 N–H and O–H groups in total. The second kappa shape index (κ2) is 7.24. The molecule has 1 aliphatic rings. The van der Waals surface area contributed by atoms with E-state index in [9.17, 15) is 19.5 Å². The van der Waals surface area contributed by atoms with Gasteiger partial charge in [0, 0.05) is 11.9 Å². The Morgan fingerprint density at radius 1 is 1.04 bits per heavy atom. The average molecular weight is 379 g/mol. The van der Waals surface area contributed by atoms with Crippen LogP contribution in [0.4, 0.5) is 0 Å². The number of carboxylic acid groups (broad SMARTS) is 1. The first kappa shape index (κ1) is 17.9. The fourth-order valence-electron chi connectivity index (χ4n) is 3.28. The van der Waals surface area contributed by atoms with Gasteiger partial charge in [-0.25, -0.2) is 4.79 Å². The fraction of sp³-hybridized carbons (Fsp3) is 0.200. The quantitative estimate of drug-likeness (QED) is 0.736. The third kappa shape index (κ3) is 3.03. The molecule has 1 fully saturated rings. The van der Waals surface area contributed by atoms with Crippen LogP contribution in [-0.4, -0.2) is 57.5 Å². The second-order valence-corrected chi connectivity index (χ2v) is 6.37. The van der Waals surface area contributed by atoms with Gasteiger partial charge >= 0.3 is 5.97 Å². The molecule has 2 heterocycles. The monoisotopic (exact) mass is 379 g/mol. The summed E-state index contributed by atoms with van der Waals surface area (Å²) in [6.45, 7) is 0.291. The van der Waals surface area contributed by atoms with Gasteiger partial charge in [0.1, 0.15) is 0 Å². The summed E-state index contributed by atoms with van der Waals surface area (Å²) in [5.74, 6) is -1.69. The summed E-state index contributed by atoms with van der Waals surface area (Å²) >= 11 is 0. The van der Waals surface area contributed by atoms with Crippen LogP contribution in [0.3, 0.4) is 0 Å². The Balaban J connectivity index is 1.91. The maximum atomic E-state index is 13.3. The van der Waals surface area contributed by atoms with E-state index >= 15 is 0 Å². The zero-order valence-electron chi connectivity index (χ0n) is 14.8. The Labute approximate surface area is 159 Å². The van der Waals surface area contributed by atoms with Crippen LogP contribution in [0.5, 0.6) is 0 Å². The third-order valence-electron chi connectivity index (χ3n) is 4.68. The summed E-state index contributed by atoms with van der Waals surface area (Å²) < 4.78 is 6.38. The number of rotatable bonds is 3. The van der Waals surface area contributed by atoms with Crippen LogP contribution in [0.25, 0.3) is 16.5 Å². The maximum absolute atomic E-state index is 13.3. The number of carboxylic acids is 1. The highest BCUT2D eigenvalue weighted by molar-refractivity contribution is 6.06. The molecule has 0 radical (unpaired) electrons. The molecule has 0 bridgehead atoms. The highest BCUT2D eigenvalue weighted by atomic mass is 16.5. The fourth-order valence-corrected chi connectivity index (χ4v) is 3.28. The van der Waals surface area contributed by atoms with Gasteiger partial charge in [0.2, 0.25) is 0 Å². The Morgan fingerprint density at radius 3 is 2.43 bits per heavy atom. The summed E-state index contributed by atoms with van der Waals surface area (Å²) in [6, 6.07) is 14.4. The molecule has 0 unspecified atom stereocenters. The molecule has 1 atom stereocenters. The lowest BCUT2D eigenvalue weighted by Crippen LogP contribution is -2.53. The van der Waals surface area contributed by atoms with E-state index < -0.39 is 17.9 Å². The van der Waals surface area contributed by atoms with Gasteiger partial charge in [-0.05, 0) is 18.2 Å². The van der Waals surface area contributed by atoms with Crippen molar-refractivity contribution >= 4 is 22.6 Å². The van der Waals surface area contributed by atoms with Crippen molar-refractivity contribution in [1.29, 1.82) is 0 Å². The summed E-state index contributed by atoms with van der Waals surface area (Å²) in [6.07, 6.45) is 0. The van der Waals surface area contributed by atoms with Crippen LogP contribution >= 0.6 is 0 Å². The Bertz CT molecular complexity index is 1110. The molecule has 0 spiro atoms. The molecule has 8 heteroatoms. The van der Waals surface area contributed by atoms with Crippen LogP contribution < -0.4 is 5.56 Å². The van der Waals surface area contributed by atoms with Gasteiger partial charge in [0.25, 0.3) is 11.5 Å². The molecule has 1 aromatic heterocycles. The van der Waals surface area contributed by atoms with Crippen molar-refractivity contribution in [3.63, 3.8) is 0 Å². The molecule has 1 saturated heterocycles. The molecule has 1 amide bonds. The maximum Gasteiger partial charge on any atom is 0.328 e. The zero-order chi connectivity index (χ0) is 19.7. The minimum absolute atomic E-state index is 0.0344. The molecule has 142 valence electrons. The van der Waals surface area contributed by atoms with Crippen molar-refractivity contribution < 1.29 is 19.4 Å². The molecule has 0 saturated carbocycles.